The number of ether oxygens (including phenoxy) is 1. The van der Waals surface area contributed by atoms with E-state index in [2.05, 4.69) is 5.32 Å². The minimum Gasteiger partial charge on any atom is -0.495 e. The van der Waals surface area contributed by atoms with E-state index in [4.69, 9.17) is 16.3 Å². The largest absolute Gasteiger partial charge is 0.495 e. The van der Waals surface area contributed by atoms with Crippen molar-refractivity contribution in [2.24, 2.45) is 0 Å². The third-order valence-corrected chi connectivity index (χ3v) is 5.76. The number of sulfonamides is 1. The quantitative estimate of drug-likeness (QED) is 0.899. The summed E-state index contributed by atoms with van der Waals surface area (Å²) in [6, 6.07) is 5.02. The van der Waals surface area contributed by atoms with Gasteiger partial charge in [-0.3, -0.25) is 0 Å². The Morgan fingerprint density at radius 2 is 1.95 bits per heavy atom. The highest BCUT2D eigenvalue weighted by molar-refractivity contribution is 7.89. The van der Waals surface area contributed by atoms with E-state index >= 15 is 0 Å². The summed E-state index contributed by atoms with van der Waals surface area (Å²) in [5.41, 5.74) is 0. The minimum atomic E-state index is -3.56. The van der Waals surface area contributed by atoms with E-state index in [0.29, 0.717) is 29.9 Å². The number of benzene rings is 1. The predicted molar refractivity (Wildman–Crippen MR) is 86.1 cm³/mol. The predicted octanol–water partition coefficient (Wildman–Crippen LogP) is 2.14. The highest BCUT2D eigenvalue weighted by Crippen LogP contribution is 2.30. The average Bonchev–Trinajstić information content (AvgIpc) is 2.47. The molecule has 0 unspecified atom stereocenters. The Bertz CT molecular complexity index is 573. The van der Waals surface area contributed by atoms with Crippen molar-refractivity contribution in [3.05, 3.63) is 23.2 Å². The van der Waals surface area contributed by atoms with E-state index in [1.54, 1.807) is 12.1 Å². The number of nitrogens with one attached hydrogen (secondary N) is 1. The molecular weight excluding hydrogens is 335 g/mol. The molecule has 1 N–H and O–H groups in total. The summed E-state index contributed by atoms with van der Waals surface area (Å²) in [5.74, 6) is 0.324. The van der Waals surface area contributed by atoms with Gasteiger partial charge >= 0.3 is 0 Å². The second-order valence-electron chi connectivity index (χ2n) is 4.76. The molecule has 0 spiro atoms. The van der Waals surface area contributed by atoms with Crippen molar-refractivity contribution in [1.29, 1.82) is 0 Å². The first-order valence-corrected chi connectivity index (χ1v) is 8.32. The lowest BCUT2D eigenvalue weighted by atomic mass is 10.1. The lowest BCUT2D eigenvalue weighted by Crippen LogP contribution is -2.43. The Hall–Kier alpha value is -0.530. The van der Waals surface area contributed by atoms with Gasteiger partial charge in [0, 0.05) is 24.2 Å². The number of methoxy groups -OCH3 is 1. The van der Waals surface area contributed by atoms with Crippen LogP contribution in [-0.4, -0.2) is 46.0 Å². The molecule has 2 rings (SSSR count). The van der Waals surface area contributed by atoms with Crippen LogP contribution < -0.4 is 10.1 Å². The molecule has 120 valence electrons. The number of hydrogen-bond acceptors (Lipinski definition) is 4. The van der Waals surface area contributed by atoms with Gasteiger partial charge in [0.15, 0.2) is 0 Å². The highest BCUT2D eigenvalue weighted by atomic mass is 35.5. The van der Waals surface area contributed by atoms with Gasteiger partial charge in [-0.15, -0.1) is 12.4 Å². The van der Waals surface area contributed by atoms with Crippen LogP contribution in [0.4, 0.5) is 0 Å². The van der Waals surface area contributed by atoms with Crippen LogP contribution in [0.1, 0.15) is 12.8 Å². The van der Waals surface area contributed by atoms with Crippen LogP contribution in [0.15, 0.2) is 23.1 Å². The van der Waals surface area contributed by atoms with Crippen molar-refractivity contribution in [3.8, 4) is 5.75 Å². The van der Waals surface area contributed by atoms with Gasteiger partial charge < -0.3 is 10.1 Å². The van der Waals surface area contributed by atoms with Gasteiger partial charge in [0.1, 0.15) is 10.6 Å². The summed E-state index contributed by atoms with van der Waals surface area (Å²) in [6.45, 7) is 1.01. The van der Waals surface area contributed by atoms with Crippen molar-refractivity contribution >= 4 is 34.0 Å². The normalized spacial score (nSPS) is 17.3. The topological polar surface area (TPSA) is 58.6 Å². The molecule has 1 saturated heterocycles. The molecule has 1 fully saturated rings. The zero-order valence-corrected chi connectivity index (χ0v) is 14.4. The molecule has 0 bridgehead atoms. The Labute approximate surface area is 137 Å². The van der Waals surface area contributed by atoms with Gasteiger partial charge in [0.05, 0.1) is 7.11 Å². The smallest absolute Gasteiger partial charge is 0.246 e. The molecule has 0 radical (unpaired) electrons. The second-order valence-corrected chi connectivity index (χ2v) is 7.11. The van der Waals surface area contributed by atoms with E-state index < -0.39 is 10.0 Å². The van der Waals surface area contributed by atoms with Crippen LogP contribution in [0.25, 0.3) is 0 Å². The SMILES string of the molecule is CNC1CCN(S(=O)(=O)c2cc(Cl)ccc2OC)CC1.Cl. The third kappa shape index (κ3) is 4.02. The van der Waals surface area contributed by atoms with Crippen molar-refractivity contribution < 1.29 is 13.2 Å². The van der Waals surface area contributed by atoms with E-state index in [9.17, 15) is 8.42 Å². The van der Waals surface area contributed by atoms with Crippen molar-refractivity contribution in [2.45, 2.75) is 23.8 Å². The number of nitrogens with zero attached hydrogens (tertiary/aromatic N) is 1. The molecule has 0 atom stereocenters. The maximum Gasteiger partial charge on any atom is 0.246 e. The molecule has 0 aromatic heterocycles. The fourth-order valence-corrected chi connectivity index (χ4v) is 4.26. The van der Waals surface area contributed by atoms with Crippen molar-refractivity contribution in [1.82, 2.24) is 9.62 Å². The molecule has 1 aromatic carbocycles. The third-order valence-electron chi connectivity index (χ3n) is 3.61. The van der Waals surface area contributed by atoms with E-state index in [1.807, 2.05) is 7.05 Å². The fraction of sp³-hybridized carbons (Fsp3) is 0.538. The lowest BCUT2D eigenvalue weighted by Gasteiger charge is -2.31. The number of piperidine rings is 1. The summed E-state index contributed by atoms with van der Waals surface area (Å²) in [4.78, 5) is 0.135. The molecule has 0 saturated carbocycles. The van der Waals surface area contributed by atoms with E-state index in [0.717, 1.165) is 12.8 Å². The Kier molecular flexibility index (Phi) is 6.74. The van der Waals surface area contributed by atoms with Crippen LogP contribution in [0, 0.1) is 0 Å². The van der Waals surface area contributed by atoms with Crippen molar-refractivity contribution in [2.75, 3.05) is 27.2 Å². The number of rotatable bonds is 4. The van der Waals surface area contributed by atoms with Gasteiger partial charge in [-0.05, 0) is 38.1 Å². The van der Waals surface area contributed by atoms with Crippen molar-refractivity contribution in [3.63, 3.8) is 0 Å². The van der Waals surface area contributed by atoms with Gasteiger partial charge in [0.2, 0.25) is 10.0 Å². The fourth-order valence-electron chi connectivity index (χ4n) is 2.38. The summed E-state index contributed by atoms with van der Waals surface area (Å²) in [6.07, 6.45) is 1.61. The van der Waals surface area contributed by atoms with Crippen LogP contribution in [-0.2, 0) is 10.0 Å². The Morgan fingerprint density at radius 1 is 1.33 bits per heavy atom. The minimum absolute atomic E-state index is 0. The van der Waals surface area contributed by atoms with E-state index in [1.165, 1.54) is 17.5 Å². The summed E-state index contributed by atoms with van der Waals surface area (Å²) in [5, 5.41) is 3.56. The maximum absolute atomic E-state index is 12.7. The average molecular weight is 355 g/mol. The molecule has 21 heavy (non-hydrogen) atoms. The van der Waals surface area contributed by atoms with Gasteiger partial charge in [0.25, 0.3) is 0 Å². The summed E-state index contributed by atoms with van der Waals surface area (Å²) >= 11 is 5.92. The maximum atomic E-state index is 12.7. The first kappa shape index (κ1) is 18.5. The van der Waals surface area contributed by atoms with Gasteiger partial charge in [-0.1, -0.05) is 11.6 Å². The standard InChI is InChI=1S/C13H19ClN2O3S.ClH/c1-15-11-5-7-16(8-6-11)20(17,18)13-9-10(14)3-4-12(13)19-2;/h3-4,9,11,15H,5-8H2,1-2H3;1H. The van der Waals surface area contributed by atoms with E-state index in [-0.39, 0.29) is 17.3 Å². The van der Waals surface area contributed by atoms with Crippen LogP contribution >= 0.6 is 24.0 Å². The van der Waals surface area contributed by atoms with Gasteiger partial charge in [-0.2, -0.15) is 4.31 Å². The van der Waals surface area contributed by atoms with Gasteiger partial charge in [-0.25, -0.2) is 8.42 Å². The molecule has 8 heteroatoms. The number of hydrogen-bond donors (Lipinski definition) is 1. The molecule has 0 amide bonds. The summed E-state index contributed by atoms with van der Waals surface area (Å²) in [7, 11) is -0.211. The molecule has 1 aliphatic rings. The zero-order chi connectivity index (χ0) is 14.8. The Morgan fingerprint density at radius 3 is 2.48 bits per heavy atom. The molecule has 1 heterocycles. The number of halogens is 2. The molecular formula is C13H20Cl2N2O3S. The molecule has 5 nitrogen and oxygen atoms in total. The zero-order valence-electron chi connectivity index (χ0n) is 12.0. The second kappa shape index (κ2) is 7.65. The lowest BCUT2D eigenvalue weighted by molar-refractivity contribution is 0.297. The van der Waals surface area contributed by atoms with Crippen LogP contribution in [0.2, 0.25) is 5.02 Å². The first-order chi connectivity index (χ1) is 9.48. The summed E-state index contributed by atoms with van der Waals surface area (Å²) < 4.78 is 32.0. The van der Waals surface area contributed by atoms with Crippen LogP contribution in [0.5, 0.6) is 5.75 Å². The molecule has 1 aromatic rings. The first-order valence-electron chi connectivity index (χ1n) is 6.50. The monoisotopic (exact) mass is 354 g/mol. The molecule has 1 aliphatic heterocycles. The Balaban J connectivity index is 0.00000220. The molecule has 0 aliphatic carbocycles. The van der Waals surface area contributed by atoms with Crippen LogP contribution in [0.3, 0.4) is 0 Å². The highest BCUT2D eigenvalue weighted by Gasteiger charge is 2.31.